The number of ether oxygens (including phenoxy) is 1. The molecule has 26 heavy (non-hydrogen) atoms. The average Bonchev–Trinajstić information content (AvgIpc) is 2.94. The number of guanidine groups is 1. The third-order valence-electron chi connectivity index (χ3n) is 5.55. The van der Waals surface area contributed by atoms with Crippen molar-refractivity contribution in [3.8, 4) is 0 Å². The van der Waals surface area contributed by atoms with Gasteiger partial charge in [-0.3, -0.25) is 4.99 Å². The number of halogens is 1. The van der Waals surface area contributed by atoms with Crippen molar-refractivity contribution in [2.24, 2.45) is 10.4 Å². The van der Waals surface area contributed by atoms with Crippen molar-refractivity contribution < 1.29 is 9.53 Å². The molecule has 1 atom stereocenters. The standard InChI is InChI=1S/C19H36N4O2.HI/c1-15(22(6)17(24)25-18(2,3)4)8-12-21-16(20-5)23-13-11-19(14-23)9-7-10-19;/h15H,7-14H2,1-6H3,(H,20,21);1H. The summed E-state index contributed by atoms with van der Waals surface area (Å²) in [6.45, 7) is 10.8. The first-order valence-electron chi connectivity index (χ1n) is 9.57. The number of rotatable bonds is 4. The first kappa shape index (κ1) is 23.3. The highest BCUT2D eigenvalue weighted by molar-refractivity contribution is 14.0. The van der Waals surface area contributed by atoms with E-state index in [1.807, 2.05) is 34.7 Å². The highest BCUT2D eigenvalue weighted by atomic mass is 127. The Hall–Kier alpha value is -0.730. The second kappa shape index (κ2) is 9.46. The van der Waals surface area contributed by atoms with E-state index in [4.69, 9.17) is 4.74 Å². The Labute approximate surface area is 176 Å². The lowest BCUT2D eigenvalue weighted by molar-refractivity contribution is 0.0230. The zero-order valence-corrected chi connectivity index (χ0v) is 19.6. The average molecular weight is 480 g/mol. The van der Waals surface area contributed by atoms with Crippen molar-refractivity contribution in [3.05, 3.63) is 0 Å². The van der Waals surface area contributed by atoms with Gasteiger partial charge in [-0.25, -0.2) is 4.79 Å². The van der Waals surface area contributed by atoms with Gasteiger partial charge in [0.1, 0.15) is 5.60 Å². The van der Waals surface area contributed by atoms with E-state index in [1.165, 1.54) is 25.7 Å². The van der Waals surface area contributed by atoms with Gasteiger partial charge in [0.2, 0.25) is 0 Å². The molecule has 0 aromatic carbocycles. The molecule has 1 amide bonds. The van der Waals surface area contributed by atoms with Crippen molar-refractivity contribution in [3.63, 3.8) is 0 Å². The minimum atomic E-state index is -0.460. The van der Waals surface area contributed by atoms with Gasteiger partial charge < -0.3 is 19.9 Å². The van der Waals surface area contributed by atoms with Crippen LogP contribution in [-0.2, 0) is 4.74 Å². The third-order valence-corrected chi connectivity index (χ3v) is 5.55. The van der Waals surface area contributed by atoms with E-state index in [9.17, 15) is 4.79 Å². The number of nitrogens with one attached hydrogen (secondary N) is 1. The maximum atomic E-state index is 12.1. The van der Waals surface area contributed by atoms with Crippen LogP contribution in [-0.4, -0.2) is 67.2 Å². The van der Waals surface area contributed by atoms with Crippen LogP contribution >= 0.6 is 24.0 Å². The summed E-state index contributed by atoms with van der Waals surface area (Å²) in [5.41, 5.74) is 0.112. The Morgan fingerprint density at radius 3 is 2.46 bits per heavy atom. The summed E-state index contributed by atoms with van der Waals surface area (Å²) >= 11 is 0. The molecule has 7 heteroatoms. The Kier molecular flexibility index (Phi) is 8.48. The number of carbonyl (C=O) groups excluding carboxylic acids is 1. The second-order valence-electron chi connectivity index (χ2n) is 8.73. The highest BCUT2D eigenvalue weighted by Crippen LogP contribution is 2.47. The van der Waals surface area contributed by atoms with E-state index in [-0.39, 0.29) is 36.1 Å². The van der Waals surface area contributed by atoms with Gasteiger partial charge in [-0.05, 0) is 58.8 Å². The lowest BCUT2D eigenvalue weighted by Gasteiger charge is -2.38. The Balaban J connectivity index is 0.00000338. The SMILES string of the molecule is CN=C(NCCC(C)N(C)C(=O)OC(C)(C)C)N1CCC2(CCC2)C1.I. The number of hydrogen-bond acceptors (Lipinski definition) is 3. The van der Waals surface area contributed by atoms with Crippen LogP contribution in [0, 0.1) is 5.41 Å². The summed E-state index contributed by atoms with van der Waals surface area (Å²) in [5.74, 6) is 0.996. The number of likely N-dealkylation sites (tertiary alicyclic amines) is 1. The molecule has 1 unspecified atom stereocenters. The minimum absolute atomic E-state index is 0. The number of hydrogen-bond donors (Lipinski definition) is 1. The molecule has 1 aliphatic carbocycles. The van der Waals surface area contributed by atoms with Crippen LogP contribution in [0.4, 0.5) is 4.79 Å². The van der Waals surface area contributed by atoms with Crippen molar-refractivity contribution >= 4 is 36.0 Å². The Morgan fingerprint density at radius 1 is 1.35 bits per heavy atom. The molecule has 1 spiro atoms. The van der Waals surface area contributed by atoms with Crippen LogP contribution in [0.15, 0.2) is 4.99 Å². The summed E-state index contributed by atoms with van der Waals surface area (Å²) in [6.07, 6.45) is 6.01. The van der Waals surface area contributed by atoms with Gasteiger partial charge in [0.25, 0.3) is 0 Å². The number of amides is 1. The molecule has 6 nitrogen and oxygen atoms in total. The molecule has 1 heterocycles. The van der Waals surface area contributed by atoms with Crippen molar-refractivity contribution in [1.29, 1.82) is 0 Å². The van der Waals surface area contributed by atoms with Gasteiger partial charge in [-0.15, -0.1) is 24.0 Å². The highest BCUT2D eigenvalue weighted by Gasteiger charge is 2.43. The largest absolute Gasteiger partial charge is 0.444 e. The van der Waals surface area contributed by atoms with Gasteiger partial charge in [0, 0.05) is 39.8 Å². The fraction of sp³-hybridized carbons (Fsp3) is 0.895. The molecule has 0 bridgehead atoms. The van der Waals surface area contributed by atoms with Crippen LogP contribution in [0.25, 0.3) is 0 Å². The summed E-state index contributed by atoms with van der Waals surface area (Å²) in [6, 6.07) is 0.108. The first-order chi connectivity index (χ1) is 11.7. The van der Waals surface area contributed by atoms with Crippen LogP contribution in [0.2, 0.25) is 0 Å². The van der Waals surface area contributed by atoms with Crippen LogP contribution in [0.3, 0.4) is 0 Å². The van der Waals surface area contributed by atoms with E-state index >= 15 is 0 Å². The molecule has 152 valence electrons. The second-order valence-corrected chi connectivity index (χ2v) is 8.73. The zero-order chi connectivity index (χ0) is 18.7. The molecule has 0 radical (unpaired) electrons. The van der Waals surface area contributed by atoms with Crippen molar-refractivity contribution in [2.45, 2.75) is 71.4 Å². The lowest BCUT2D eigenvalue weighted by Crippen LogP contribution is -2.44. The molecular weight excluding hydrogens is 443 g/mol. The monoisotopic (exact) mass is 480 g/mol. The fourth-order valence-corrected chi connectivity index (χ4v) is 3.63. The third kappa shape index (κ3) is 6.16. The lowest BCUT2D eigenvalue weighted by atomic mass is 9.68. The smallest absolute Gasteiger partial charge is 0.410 e. The molecule has 1 saturated heterocycles. The minimum Gasteiger partial charge on any atom is -0.444 e. The number of aliphatic imine (C=N–C) groups is 1. The van der Waals surface area contributed by atoms with E-state index in [0.717, 1.165) is 32.0 Å². The molecule has 2 rings (SSSR count). The van der Waals surface area contributed by atoms with Crippen LogP contribution in [0.5, 0.6) is 0 Å². The predicted octanol–water partition coefficient (Wildman–Crippen LogP) is 3.70. The topological polar surface area (TPSA) is 57.2 Å². The number of carbonyl (C=O) groups is 1. The van der Waals surface area contributed by atoms with Gasteiger partial charge in [0.15, 0.2) is 5.96 Å². The summed E-state index contributed by atoms with van der Waals surface area (Å²) < 4.78 is 5.43. The van der Waals surface area contributed by atoms with Crippen molar-refractivity contribution in [1.82, 2.24) is 15.1 Å². The van der Waals surface area contributed by atoms with Crippen LogP contribution < -0.4 is 5.32 Å². The summed E-state index contributed by atoms with van der Waals surface area (Å²) in [5, 5.41) is 3.47. The molecular formula is C19H37IN4O2. The molecule has 0 aromatic rings. The first-order valence-corrected chi connectivity index (χ1v) is 9.57. The van der Waals surface area contributed by atoms with E-state index in [0.29, 0.717) is 5.41 Å². The van der Waals surface area contributed by atoms with Gasteiger partial charge in [-0.2, -0.15) is 0 Å². The van der Waals surface area contributed by atoms with E-state index in [1.54, 1.807) is 11.9 Å². The molecule has 0 aromatic heterocycles. The van der Waals surface area contributed by atoms with Gasteiger partial charge in [0.05, 0.1) is 0 Å². The fourth-order valence-electron chi connectivity index (χ4n) is 3.63. The van der Waals surface area contributed by atoms with Gasteiger partial charge in [-0.1, -0.05) is 6.42 Å². The maximum Gasteiger partial charge on any atom is 0.410 e. The zero-order valence-electron chi connectivity index (χ0n) is 17.3. The molecule has 2 aliphatic rings. The van der Waals surface area contributed by atoms with E-state index < -0.39 is 5.60 Å². The maximum absolute atomic E-state index is 12.1. The molecule has 1 N–H and O–H groups in total. The Morgan fingerprint density at radius 2 is 2.00 bits per heavy atom. The normalized spacial score (nSPS) is 20.2. The summed E-state index contributed by atoms with van der Waals surface area (Å²) in [7, 11) is 3.65. The van der Waals surface area contributed by atoms with Crippen molar-refractivity contribution in [2.75, 3.05) is 33.7 Å². The Bertz CT molecular complexity index is 500. The van der Waals surface area contributed by atoms with Crippen LogP contribution in [0.1, 0.15) is 59.8 Å². The predicted molar refractivity (Wildman–Crippen MR) is 117 cm³/mol. The molecule has 1 saturated carbocycles. The summed E-state index contributed by atoms with van der Waals surface area (Å²) in [4.78, 5) is 20.6. The quantitative estimate of drug-likeness (QED) is 0.379. The molecule has 2 fully saturated rings. The molecule has 1 aliphatic heterocycles. The number of nitrogens with zero attached hydrogens (tertiary/aromatic N) is 3. The van der Waals surface area contributed by atoms with Gasteiger partial charge >= 0.3 is 6.09 Å². The van der Waals surface area contributed by atoms with E-state index in [2.05, 4.69) is 15.2 Å².